The third kappa shape index (κ3) is 2.67. The van der Waals surface area contributed by atoms with Crippen molar-refractivity contribution >= 4 is 5.78 Å². The molecule has 1 aromatic carbocycles. The Morgan fingerprint density at radius 1 is 1.53 bits per heavy atom. The maximum absolute atomic E-state index is 12.1. The number of fused-ring (bicyclic) bond motifs is 1. The number of ketones is 1. The summed E-state index contributed by atoms with van der Waals surface area (Å²) in [7, 11) is 0. The molecule has 1 aliphatic rings. The van der Waals surface area contributed by atoms with Crippen LogP contribution < -0.4 is 10.5 Å². The molecule has 1 unspecified atom stereocenters. The quantitative estimate of drug-likeness (QED) is 0.794. The summed E-state index contributed by atoms with van der Waals surface area (Å²) in [5.74, 6) is 0.955. The summed E-state index contributed by atoms with van der Waals surface area (Å²) in [6.45, 7) is 2.82. The average molecular weight is 233 g/mol. The van der Waals surface area contributed by atoms with Gasteiger partial charge in [-0.3, -0.25) is 4.79 Å². The first-order valence-corrected chi connectivity index (χ1v) is 6.28. The van der Waals surface area contributed by atoms with Gasteiger partial charge in [0.05, 0.1) is 12.6 Å². The van der Waals surface area contributed by atoms with Gasteiger partial charge in [-0.05, 0) is 30.2 Å². The SMILES string of the molecule is CCCCC(N)C(=O)c1ccc2c(c1)CCO2. The molecule has 0 amide bonds. The Labute approximate surface area is 102 Å². The van der Waals surface area contributed by atoms with Gasteiger partial charge in [-0.1, -0.05) is 19.8 Å². The fourth-order valence-electron chi connectivity index (χ4n) is 2.11. The third-order valence-corrected chi connectivity index (χ3v) is 3.18. The molecule has 0 fully saturated rings. The highest BCUT2D eigenvalue weighted by Crippen LogP contribution is 2.26. The number of carbonyl (C=O) groups is 1. The van der Waals surface area contributed by atoms with Crippen molar-refractivity contribution in [2.75, 3.05) is 6.61 Å². The molecule has 3 nitrogen and oxygen atoms in total. The van der Waals surface area contributed by atoms with Crippen molar-refractivity contribution in [1.82, 2.24) is 0 Å². The number of nitrogens with two attached hydrogens (primary N) is 1. The van der Waals surface area contributed by atoms with E-state index in [2.05, 4.69) is 6.92 Å². The van der Waals surface area contributed by atoms with Crippen LogP contribution in [0.25, 0.3) is 0 Å². The van der Waals surface area contributed by atoms with Crippen LogP contribution in [0.1, 0.15) is 42.1 Å². The monoisotopic (exact) mass is 233 g/mol. The maximum Gasteiger partial charge on any atom is 0.179 e. The van der Waals surface area contributed by atoms with Crippen molar-refractivity contribution < 1.29 is 9.53 Å². The molecule has 0 aromatic heterocycles. The van der Waals surface area contributed by atoms with Gasteiger partial charge in [0, 0.05) is 12.0 Å². The largest absolute Gasteiger partial charge is 0.493 e. The third-order valence-electron chi connectivity index (χ3n) is 3.18. The summed E-state index contributed by atoms with van der Waals surface area (Å²) < 4.78 is 5.42. The Morgan fingerprint density at radius 2 is 2.35 bits per heavy atom. The van der Waals surface area contributed by atoms with Gasteiger partial charge in [-0.15, -0.1) is 0 Å². The van der Waals surface area contributed by atoms with E-state index in [4.69, 9.17) is 10.5 Å². The Hall–Kier alpha value is -1.35. The molecule has 2 rings (SSSR count). The smallest absolute Gasteiger partial charge is 0.179 e. The molecule has 0 saturated carbocycles. The van der Waals surface area contributed by atoms with Gasteiger partial charge >= 0.3 is 0 Å². The van der Waals surface area contributed by atoms with Crippen molar-refractivity contribution in [2.24, 2.45) is 5.73 Å². The second-order valence-electron chi connectivity index (χ2n) is 4.53. The zero-order chi connectivity index (χ0) is 12.3. The standard InChI is InChI=1S/C14H19NO2/c1-2-3-4-12(15)14(16)11-5-6-13-10(9-11)7-8-17-13/h5-6,9,12H,2-4,7-8,15H2,1H3. The molecular formula is C14H19NO2. The molecule has 0 saturated heterocycles. The van der Waals surface area contributed by atoms with Crippen LogP contribution in [0.2, 0.25) is 0 Å². The lowest BCUT2D eigenvalue weighted by Crippen LogP contribution is -2.30. The Kier molecular flexibility index (Phi) is 3.79. The van der Waals surface area contributed by atoms with Crippen LogP contribution >= 0.6 is 0 Å². The van der Waals surface area contributed by atoms with Gasteiger partial charge in [0.1, 0.15) is 5.75 Å². The molecule has 0 bridgehead atoms. The molecule has 0 spiro atoms. The summed E-state index contributed by atoms with van der Waals surface area (Å²) in [5.41, 5.74) is 7.74. The predicted octanol–water partition coefficient (Wildman–Crippen LogP) is 2.32. The summed E-state index contributed by atoms with van der Waals surface area (Å²) in [5, 5.41) is 0. The van der Waals surface area contributed by atoms with Gasteiger partial charge in [0.2, 0.25) is 0 Å². The molecule has 0 aliphatic carbocycles. The van der Waals surface area contributed by atoms with E-state index in [9.17, 15) is 4.79 Å². The normalized spacial score (nSPS) is 15.2. The van der Waals surface area contributed by atoms with E-state index in [1.807, 2.05) is 18.2 Å². The molecule has 1 atom stereocenters. The van der Waals surface area contributed by atoms with Gasteiger partial charge < -0.3 is 10.5 Å². The summed E-state index contributed by atoms with van der Waals surface area (Å²) in [6.07, 6.45) is 3.73. The number of hydrogen-bond donors (Lipinski definition) is 1. The second kappa shape index (κ2) is 5.32. The minimum atomic E-state index is -0.365. The van der Waals surface area contributed by atoms with E-state index in [-0.39, 0.29) is 11.8 Å². The summed E-state index contributed by atoms with van der Waals surface area (Å²) in [4.78, 5) is 12.1. The van der Waals surface area contributed by atoms with E-state index in [0.29, 0.717) is 0 Å². The van der Waals surface area contributed by atoms with Gasteiger partial charge in [-0.2, -0.15) is 0 Å². The van der Waals surface area contributed by atoms with Crippen molar-refractivity contribution in [3.8, 4) is 5.75 Å². The number of rotatable bonds is 5. The van der Waals surface area contributed by atoms with Crippen LogP contribution in [0.4, 0.5) is 0 Å². The average Bonchev–Trinajstić information content (AvgIpc) is 2.81. The minimum Gasteiger partial charge on any atom is -0.493 e. The molecule has 0 radical (unpaired) electrons. The lowest BCUT2D eigenvalue weighted by atomic mass is 9.98. The number of unbranched alkanes of at least 4 members (excludes halogenated alkanes) is 1. The highest BCUT2D eigenvalue weighted by molar-refractivity contribution is 6.00. The van der Waals surface area contributed by atoms with E-state index >= 15 is 0 Å². The van der Waals surface area contributed by atoms with Gasteiger partial charge in [0.15, 0.2) is 5.78 Å². The van der Waals surface area contributed by atoms with E-state index in [1.165, 1.54) is 0 Å². The number of hydrogen-bond acceptors (Lipinski definition) is 3. The van der Waals surface area contributed by atoms with Crippen molar-refractivity contribution in [2.45, 2.75) is 38.6 Å². The Balaban J connectivity index is 2.09. The van der Waals surface area contributed by atoms with Crippen molar-refractivity contribution in [3.63, 3.8) is 0 Å². The first kappa shape index (κ1) is 12.1. The highest BCUT2D eigenvalue weighted by atomic mass is 16.5. The lowest BCUT2D eigenvalue weighted by molar-refractivity contribution is 0.0956. The minimum absolute atomic E-state index is 0.0492. The first-order chi connectivity index (χ1) is 8.22. The van der Waals surface area contributed by atoms with E-state index in [1.54, 1.807) is 0 Å². The van der Waals surface area contributed by atoms with Crippen LogP contribution in [-0.4, -0.2) is 18.4 Å². The number of benzene rings is 1. The highest BCUT2D eigenvalue weighted by Gasteiger charge is 2.18. The van der Waals surface area contributed by atoms with E-state index in [0.717, 1.165) is 49.2 Å². The van der Waals surface area contributed by atoms with Crippen molar-refractivity contribution in [3.05, 3.63) is 29.3 Å². The molecular weight excluding hydrogens is 214 g/mol. The number of Topliss-reactive ketones (excluding diaryl/α,β-unsaturated/α-hetero) is 1. The Bertz CT molecular complexity index is 415. The maximum atomic E-state index is 12.1. The lowest BCUT2D eigenvalue weighted by Gasteiger charge is -2.10. The summed E-state index contributed by atoms with van der Waals surface area (Å²) >= 11 is 0. The topological polar surface area (TPSA) is 52.3 Å². The molecule has 92 valence electrons. The van der Waals surface area contributed by atoms with Crippen molar-refractivity contribution in [1.29, 1.82) is 0 Å². The van der Waals surface area contributed by atoms with E-state index < -0.39 is 0 Å². The number of ether oxygens (including phenoxy) is 1. The summed E-state index contributed by atoms with van der Waals surface area (Å²) in [6, 6.07) is 5.26. The molecule has 1 aliphatic heterocycles. The van der Waals surface area contributed by atoms with Gasteiger partial charge in [-0.25, -0.2) is 0 Å². The van der Waals surface area contributed by atoms with Crippen LogP contribution in [-0.2, 0) is 6.42 Å². The zero-order valence-corrected chi connectivity index (χ0v) is 10.2. The second-order valence-corrected chi connectivity index (χ2v) is 4.53. The Morgan fingerprint density at radius 3 is 3.12 bits per heavy atom. The first-order valence-electron chi connectivity index (χ1n) is 6.28. The van der Waals surface area contributed by atoms with Gasteiger partial charge in [0.25, 0.3) is 0 Å². The zero-order valence-electron chi connectivity index (χ0n) is 10.2. The molecule has 1 aromatic rings. The van der Waals surface area contributed by atoms with Crippen LogP contribution in [0.3, 0.4) is 0 Å². The van der Waals surface area contributed by atoms with Crippen LogP contribution in [0.15, 0.2) is 18.2 Å². The fraction of sp³-hybridized carbons (Fsp3) is 0.500. The predicted molar refractivity (Wildman–Crippen MR) is 67.5 cm³/mol. The number of carbonyl (C=O) groups excluding carboxylic acids is 1. The molecule has 2 N–H and O–H groups in total. The molecule has 17 heavy (non-hydrogen) atoms. The fourth-order valence-corrected chi connectivity index (χ4v) is 2.11. The molecule has 1 heterocycles. The molecule has 3 heteroatoms. The van der Waals surface area contributed by atoms with Crippen LogP contribution in [0.5, 0.6) is 5.75 Å². The van der Waals surface area contributed by atoms with Crippen LogP contribution in [0, 0.1) is 0 Å².